The van der Waals surface area contributed by atoms with E-state index >= 15 is 0 Å². The molecule has 1 N–H and O–H groups in total. The molecule has 0 spiro atoms. The molecule has 0 atom stereocenters. The van der Waals surface area contributed by atoms with Gasteiger partial charge in [0.15, 0.2) is 0 Å². The van der Waals surface area contributed by atoms with Gasteiger partial charge in [0.1, 0.15) is 0 Å². The van der Waals surface area contributed by atoms with Crippen LogP contribution in [0.5, 0.6) is 0 Å². The fourth-order valence-electron chi connectivity index (χ4n) is 2.46. The van der Waals surface area contributed by atoms with E-state index in [1.807, 2.05) is 0 Å². The van der Waals surface area contributed by atoms with E-state index in [2.05, 4.69) is 34.3 Å². The monoisotopic (exact) mass is 247 g/mol. The van der Waals surface area contributed by atoms with Crippen LogP contribution >= 0.6 is 0 Å². The van der Waals surface area contributed by atoms with Crippen molar-refractivity contribution in [3.8, 4) is 0 Å². The highest BCUT2D eigenvalue weighted by Crippen LogP contribution is 2.25. The number of rotatable bonds is 4. The van der Waals surface area contributed by atoms with E-state index in [1.54, 1.807) is 0 Å². The third kappa shape index (κ3) is 3.57. The van der Waals surface area contributed by atoms with Crippen LogP contribution in [0.4, 0.5) is 0 Å². The first-order valence-electron chi connectivity index (χ1n) is 6.66. The van der Waals surface area contributed by atoms with Crippen molar-refractivity contribution in [3.05, 3.63) is 35.4 Å². The number of hydrogen-bond acceptors (Lipinski definition) is 3. The zero-order valence-electron chi connectivity index (χ0n) is 10.9. The fraction of sp³-hybridized carbons (Fsp3) is 0.533. The van der Waals surface area contributed by atoms with Crippen molar-refractivity contribution in [2.75, 3.05) is 20.2 Å². The molecule has 1 aliphatic rings. The average molecular weight is 247 g/mol. The summed E-state index contributed by atoms with van der Waals surface area (Å²) in [7, 11) is 1.43. The summed E-state index contributed by atoms with van der Waals surface area (Å²) in [6.07, 6.45) is 3.67. The molecule has 3 nitrogen and oxygen atoms in total. The van der Waals surface area contributed by atoms with E-state index in [0.29, 0.717) is 12.3 Å². The van der Waals surface area contributed by atoms with Crippen molar-refractivity contribution in [3.63, 3.8) is 0 Å². The Bertz CT molecular complexity index is 380. The number of aryl methyl sites for hydroxylation is 1. The second kappa shape index (κ2) is 6.55. The van der Waals surface area contributed by atoms with Crippen molar-refractivity contribution in [2.24, 2.45) is 0 Å². The molecule has 1 aromatic rings. The maximum Gasteiger partial charge on any atom is 0.305 e. The van der Waals surface area contributed by atoms with Gasteiger partial charge in [-0.15, -0.1) is 0 Å². The summed E-state index contributed by atoms with van der Waals surface area (Å²) in [5, 5.41) is 3.38. The number of methoxy groups -OCH3 is 1. The summed E-state index contributed by atoms with van der Waals surface area (Å²) in [6.45, 7) is 2.24. The molecule has 98 valence electrons. The number of nitrogens with one attached hydrogen (secondary N) is 1. The lowest BCUT2D eigenvalue weighted by Gasteiger charge is -2.23. The first-order valence-corrected chi connectivity index (χ1v) is 6.66. The van der Waals surface area contributed by atoms with E-state index in [-0.39, 0.29) is 5.97 Å². The molecule has 0 unspecified atom stereocenters. The number of piperidine rings is 1. The highest BCUT2D eigenvalue weighted by Gasteiger charge is 2.14. The first kappa shape index (κ1) is 13.1. The number of hydrogen-bond donors (Lipinski definition) is 1. The third-order valence-electron chi connectivity index (χ3n) is 3.64. The largest absolute Gasteiger partial charge is 0.469 e. The molecule has 1 heterocycles. The number of carbonyl (C=O) groups is 1. The van der Waals surface area contributed by atoms with Crippen LogP contribution in [0.2, 0.25) is 0 Å². The van der Waals surface area contributed by atoms with Crippen LogP contribution in [-0.4, -0.2) is 26.2 Å². The Labute approximate surface area is 109 Å². The predicted octanol–water partition coefficient (Wildman–Crippen LogP) is 2.26. The Morgan fingerprint density at radius 3 is 2.56 bits per heavy atom. The van der Waals surface area contributed by atoms with Gasteiger partial charge < -0.3 is 10.1 Å². The van der Waals surface area contributed by atoms with Crippen LogP contribution in [0, 0.1) is 0 Å². The quantitative estimate of drug-likeness (QED) is 0.829. The maximum absolute atomic E-state index is 11.1. The highest BCUT2D eigenvalue weighted by atomic mass is 16.5. The number of esters is 1. The van der Waals surface area contributed by atoms with Gasteiger partial charge in [-0.1, -0.05) is 24.3 Å². The summed E-state index contributed by atoms with van der Waals surface area (Å²) < 4.78 is 4.64. The molecule has 1 saturated heterocycles. The van der Waals surface area contributed by atoms with Crippen molar-refractivity contribution in [2.45, 2.75) is 31.6 Å². The van der Waals surface area contributed by atoms with E-state index in [9.17, 15) is 4.79 Å². The van der Waals surface area contributed by atoms with E-state index in [1.165, 1.54) is 31.1 Å². The van der Waals surface area contributed by atoms with Crippen LogP contribution in [0.3, 0.4) is 0 Å². The molecule has 1 aliphatic heterocycles. The molecular weight excluding hydrogens is 226 g/mol. The minimum Gasteiger partial charge on any atom is -0.469 e. The predicted molar refractivity (Wildman–Crippen MR) is 71.6 cm³/mol. The van der Waals surface area contributed by atoms with E-state index in [0.717, 1.165) is 19.5 Å². The smallest absolute Gasteiger partial charge is 0.305 e. The van der Waals surface area contributed by atoms with Gasteiger partial charge in [0, 0.05) is 6.42 Å². The molecule has 0 amide bonds. The fourth-order valence-corrected chi connectivity index (χ4v) is 2.46. The third-order valence-corrected chi connectivity index (χ3v) is 3.64. The number of ether oxygens (including phenoxy) is 1. The van der Waals surface area contributed by atoms with Crippen LogP contribution in [0.25, 0.3) is 0 Å². The zero-order chi connectivity index (χ0) is 12.8. The SMILES string of the molecule is COC(=O)CCc1ccc(C2CCNCC2)cc1. The Hall–Kier alpha value is -1.35. The topological polar surface area (TPSA) is 38.3 Å². The lowest BCUT2D eigenvalue weighted by Crippen LogP contribution is -2.26. The standard InChI is InChI=1S/C15H21NO2/c1-18-15(17)7-4-12-2-5-13(6-3-12)14-8-10-16-11-9-14/h2-3,5-6,14,16H,4,7-11H2,1H3. The van der Waals surface area contributed by atoms with Crippen LogP contribution < -0.4 is 5.32 Å². The van der Waals surface area contributed by atoms with Gasteiger partial charge in [-0.05, 0) is 49.4 Å². The van der Waals surface area contributed by atoms with Gasteiger partial charge >= 0.3 is 5.97 Å². The van der Waals surface area contributed by atoms with Crippen molar-refractivity contribution in [1.82, 2.24) is 5.32 Å². The molecule has 3 heteroatoms. The average Bonchev–Trinajstić information content (AvgIpc) is 2.46. The van der Waals surface area contributed by atoms with Gasteiger partial charge in [0.2, 0.25) is 0 Å². The second-order valence-corrected chi connectivity index (χ2v) is 4.84. The zero-order valence-corrected chi connectivity index (χ0v) is 10.9. The molecule has 1 aromatic carbocycles. The minimum atomic E-state index is -0.141. The van der Waals surface area contributed by atoms with E-state index < -0.39 is 0 Å². The van der Waals surface area contributed by atoms with Crippen molar-refractivity contribution < 1.29 is 9.53 Å². The summed E-state index contributed by atoms with van der Waals surface area (Å²) in [4.78, 5) is 11.1. The summed E-state index contributed by atoms with van der Waals surface area (Å²) >= 11 is 0. The molecule has 0 saturated carbocycles. The van der Waals surface area contributed by atoms with Crippen LogP contribution in [0.1, 0.15) is 36.3 Å². The normalized spacial score (nSPS) is 16.5. The molecule has 0 aromatic heterocycles. The highest BCUT2D eigenvalue weighted by molar-refractivity contribution is 5.69. The van der Waals surface area contributed by atoms with Crippen LogP contribution in [0.15, 0.2) is 24.3 Å². The Balaban J connectivity index is 1.90. The molecule has 18 heavy (non-hydrogen) atoms. The minimum absolute atomic E-state index is 0.141. The van der Waals surface area contributed by atoms with Crippen molar-refractivity contribution in [1.29, 1.82) is 0 Å². The van der Waals surface area contributed by atoms with Crippen molar-refractivity contribution >= 4 is 5.97 Å². The molecule has 1 fully saturated rings. The van der Waals surface area contributed by atoms with Gasteiger partial charge in [0.05, 0.1) is 7.11 Å². The summed E-state index contributed by atoms with van der Waals surface area (Å²) in [5.74, 6) is 0.554. The van der Waals surface area contributed by atoms with E-state index in [4.69, 9.17) is 0 Å². The summed E-state index contributed by atoms with van der Waals surface area (Å²) in [6, 6.07) is 8.70. The molecule has 0 bridgehead atoms. The Kier molecular flexibility index (Phi) is 4.76. The molecule has 2 rings (SSSR count). The summed E-state index contributed by atoms with van der Waals surface area (Å²) in [5.41, 5.74) is 2.64. The molecule has 0 aliphatic carbocycles. The first-order chi connectivity index (χ1) is 8.79. The number of benzene rings is 1. The van der Waals surface area contributed by atoms with Gasteiger partial charge in [-0.2, -0.15) is 0 Å². The van der Waals surface area contributed by atoms with Crippen LogP contribution in [-0.2, 0) is 16.0 Å². The lowest BCUT2D eigenvalue weighted by atomic mass is 9.89. The van der Waals surface area contributed by atoms with Gasteiger partial charge in [-0.3, -0.25) is 4.79 Å². The maximum atomic E-state index is 11.1. The second-order valence-electron chi connectivity index (χ2n) is 4.84. The molecular formula is C15H21NO2. The van der Waals surface area contributed by atoms with Gasteiger partial charge in [-0.25, -0.2) is 0 Å². The molecule has 0 radical (unpaired) electrons. The number of carbonyl (C=O) groups excluding carboxylic acids is 1. The Morgan fingerprint density at radius 2 is 1.94 bits per heavy atom. The van der Waals surface area contributed by atoms with Gasteiger partial charge in [0.25, 0.3) is 0 Å². The lowest BCUT2D eigenvalue weighted by molar-refractivity contribution is -0.140. The Morgan fingerprint density at radius 1 is 1.28 bits per heavy atom.